The van der Waals surface area contributed by atoms with Gasteiger partial charge in [-0.25, -0.2) is 9.37 Å². The van der Waals surface area contributed by atoms with E-state index in [-0.39, 0.29) is 41.5 Å². The maximum Gasteiger partial charge on any atom is 0.199 e. The Morgan fingerprint density at radius 2 is 2.00 bits per heavy atom. The van der Waals surface area contributed by atoms with Crippen LogP contribution in [0.3, 0.4) is 0 Å². The van der Waals surface area contributed by atoms with Gasteiger partial charge in [-0.1, -0.05) is 31.5 Å². The van der Waals surface area contributed by atoms with Crippen LogP contribution in [0.5, 0.6) is 0 Å². The number of anilines is 1. The highest BCUT2D eigenvalue weighted by Crippen LogP contribution is 2.32. The molecule has 0 aliphatic carbocycles. The van der Waals surface area contributed by atoms with Gasteiger partial charge < -0.3 is 5.73 Å². The molecule has 2 rings (SSSR count). The third-order valence-electron chi connectivity index (χ3n) is 4.33. The number of aromatic nitrogens is 1. The summed E-state index contributed by atoms with van der Waals surface area (Å²) in [5.74, 6) is -1.17. The van der Waals surface area contributed by atoms with Crippen molar-refractivity contribution in [2.45, 2.75) is 45.4 Å². The molecule has 1 aromatic carbocycles. The van der Waals surface area contributed by atoms with Crippen LogP contribution in [0.4, 0.5) is 10.2 Å². The van der Waals surface area contributed by atoms with Gasteiger partial charge in [-0.05, 0) is 42.5 Å². The molecule has 1 aromatic heterocycles. The van der Waals surface area contributed by atoms with E-state index in [1.807, 2.05) is 13.8 Å². The Balaban J connectivity index is 0.00000364. The van der Waals surface area contributed by atoms with E-state index in [2.05, 4.69) is 4.98 Å². The number of nitrogens with two attached hydrogens (primary N) is 1. The van der Waals surface area contributed by atoms with Crippen LogP contribution in [0, 0.1) is 5.82 Å². The third kappa shape index (κ3) is 4.47. The van der Waals surface area contributed by atoms with Gasteiger partial charge in [-0.2, -0.15) is 0 Å². The molecule has 4 nitrogen and oxygen atoms in total. The van der Waals surface area contributed by atoms with Crippen molar-refractivity contribution in [3.8, 4) is 0 Å². The number of halogens is 2. The SMILES string of the molecule is CCCC(=O)C[C@@H](CC)c1ccc(Cl)c(C(=O)c2ccc(N)nc2)c1F.[HH]. The Morgan fingerprint density at radius 1 is 1.27 bits per heavy atom. The zero-order valence-electron chi connectivity index (χ0n) is 14.9. The summed E-state index contributed by atoms with van der Waals surface area (Å²) in [6, 6.07) is 6.02. The molecule has 26 heavy (non-hydrogen) atoms. The predicted molar refractivity (Wildman–Crippen MR) is 103 cm³/mol. The monoisotopic (exact) mass is 378 g/mol. The number of Topliss-reactive ketones (excluding diaryl/α,β-unsaturated/α-hetero) is 1. The number of carbonyl (C=O) groups is 2. The number of hydrogen-bond acceptors (Lipinski definition) is 4. The Hall–Kier alpha value is -2.27. The van der Waals surface area contributed by atoms with E-state index in [1.165, 1.54) is 24.4 Å². The Kier molecular flexibility index (Phi) is 6.86. The maximum atomic E-state index is 15.2. The van der Waals surface area contributed by atoms with E-state index >= 15 is 4.39 Å². The minimum Gasteiger partial charge on any atom is -0.384 e. The summed E-state index contributed by atoms with van der Waals surface area (Å²) < 4.78 is 15.2. The summed E-state index contributed by atoms with van der Waals surface area (Å²) in [6.45, 7) is 3.82. The Labute approximate surface area is 159 Å². The summed E-state index contributed by atoms with van der Waals surface area (Å²) in [7, 11) is 0. The van der Waals surface area contributed by atoms with Crippen LogP contribution in [0.2, 0.25) is 5.02 Å². The molecule has 0 amide bonds. The van der Waals surface area contributed by atoms with E-state index in [4.69, 9.17) is 17.3 Å². The number of nitrogen functional groups attached to an aromatic ring is 1. The van der Waals surface area contributed by atoms with Crippen LogP contribution in [0.15, 0.2) is 30.5 Å². The first kappa shape index (κ1) is 20.0. The van der Waals surface area contributed by atoms with Crippen LogP contribution in [0.25, 0.3) is 0 Å². The standard InChI is InChI=1S/C20H22ClFN2O2.H2/c1-3-5-14(25)10-12(4-2)15-7-8-16(21)18(19(15)22)20(26)13-6-9-17(23)24-11-13;/h6-9,11-12H,3-5,10H2,1-2H3,(H2,23,24);1H/t12-;/m1./s1. The van der Waals surface area contributed by atoms with Crippen molar-refractivity contribution in [2.75, 3.05) is 5.73 Å². The molecule has 1 heterocycles. The lowest BCUT2D eigenvalue weighted by Crippen LogP contribution is -2.13. The van der Waals surface area contributed by atoms with Crippen LogP contribution in [-0.2, 0) is 4.79 Å². The highest BCUT2D eigenvalue weighted by Gasteiger charge is 2.25. The van der Waals surface area contributed by atoms with Gasteiger partial charge in [0.05, 0.1) is 10.6 Å². The molecule has 2 aromatic rings. The molecule has 140 valence electrons. The van der Waals surface area contributed by atoms with Gasteiger partial charge in [0.1, 0.15) is 17.4 Å². The van der Waals surface area contributed by atoms with Gasteiger partial charge in [0.2, 0.25) is 0 Å². The molecule has 0 unspecified atom stereocenters. The van der Waals surface area contributed by atoms with Gasteiger partial charge in [-0.3, -0.25) is 9.59 Å². The van der Waals surface area contributed by atoms with Crippen molar-refractivity contribution in [1.29, 1.82) is 0 Å². The summed E-state index contributed by atoms with van der Waals surface area (Å²) in [5.41, 5.74) is 5.87. The van der Waals surface area contributed by atoms with Crippen molar-refractivity contribution >= 4 is 29.0 Å². The largest absolute Gasteiger partial charge is 0.384 e. The fourth-order valence-electron chi connectivity index (χ4n) is 2.91. The lowest BCUT2D eigenvalue weighted by molar-refractivity contribution is -0.119. The molecular formula is C20H24ClFN2O2. The van der Waals surface area contributed by atoms with Crippen LogP contribution >= 0.6 is 11.6 Å². The lowest BCUT2D eigenvalue weighted by atomic mass is 9.88. The molecule has 0 spiro atoms. The average molecular weight is 379 g/mol. The third-order valence-corrected chi connectivity index (χ3v) is 4.65. The Bertz CT molecular complexity index is 812. The highest BCUT2D eigenvalue weighted by molar-refractivity contribution is 6.35. The first-order valence-corrected chi connectivity index (χ1v) is 9.02. The molecule has 6 heteroatoms. The van der Waals surface area contributed by atoms with Gasteiger partial charge in [0, 0.05) is 26.0 Å². The Morgan fingerprint density at radius 3 is 2.58 bits per heavy atom. The molecule has 0 radical (unpaired) electrons. The molecule has 0 saturated carbocycles. The maximum absolute atomic E-state index is 15.2. The second kappa shape index (κ2) is 8.90. The number of rotatable bonds is 8. The van der Waals surface area contributed by atoms with Crippen molar-refractivity contribution in [3.63, 3.8) is 0 Å². The van der Waals surface area contributed by atoms with E-state index in [0.29, 0.717) is 18.4 Å². The van der Waals surface area contributed by atoms with Gasteiger partial charge in [-0.15, -0.1) is 0 Å². The summed E-state index contributed by atoms with van der Waals surface area (Å²) in [5, 5.41) is 0.0304. The van der Waals surface area contributed by atoms with Gasteiger partial charge in [0.15, 0.2) is 5.78 Å². The van der Waals surface area contributed by atoms with E-state index in [1.54, 1.807) is 6.07 Å². The van der Waals surface area contributed by atoms with Crippen molar-refractivity contribution in [2.24, 2.45) is 0 Å². The molecule has 1 atom stereocenters. The second-order valence-corrected chi connectivity index (χ2v) is 6.63. The topological polar surface area (TPSA) is 73.0 Å². The zero-order valence-corrected chi connectivity index (χ0v) is 15.6. The fraction of sp³-hybridized carbons (Fsp3) is 0.350. The van der Waals surface area contributed by atoms with E-state index in [0.717, 1.165) is 6.42 Å². The fourth-order valence-corrected chi connectivity index (χ4v) is 3.14. The van der Waals surface area contributed by atoms with E-state index < -0.39 is 11.6 Å². The molecular weight excluding hydrogens is 355 g/mol. The first-order valence-electron chi connectivity index (χ1n) is 8.64. The average Bonchev–Trinajstić information content (AvgIpc) is 2.61. The number of ketones is 2. The van der Waals surface area contributed by atoms with Crippen molar-refractivity contribution in [3.05, 3.63) is 58.0 Å². The first-order chi connectivity index (χ1) is 12.4. The number of carbonyl (C=O) groups excluding carboxylic acids is 2. The van der Waals surface area contributed by atoms with Crippen LogP contribution in [-0.4, -0.2) is 16.6 Å². The molecule has 0 fully saturated rings. The lowest BCUT2D eigenvalue weighted by Gasteiger charge is -2.18. The molecule has 2 N–H and O–H groups in total. The van der Waals surface area contributed by atoms with Crippen molar-refractivity contribution in [1.82, 2.24) is 4.98 Å². The number of nitrogens with zero attached hydrogens (tertiary/aromatic N) is 1. The van der Waals surface area contributed by atoms with Gasteiger partial charge >= 0.3 is 0 Å². The normalized spacial score (nSPS) is 12.0. The predicted octanol–water partition coefficient (Wildman–Crippen LogP) is 5.19. The van der Waals surface area contributed by atoms with E-state index in [9.17, 15) is 9.59 Å². The highest BCUT2D eigenvalue weighted by atomic mass is 35.5. The molecule has 0 aliphatic heterocycles. The number of pyridine rings is 1. The zero-order chi connectivity index (χ0) is 19.3. The second-order valence-electron chi connectivity index (χ2n) is 6.22. The summed E-state index contributed by atoms with van der Waals surface area (Å²) >= 11 is 6.11. The minimum atomic E-state index is -0.671. The number of benzene rings is 1. The molecule has 0 bridgehead atoms. The summed E-state index contributed by atoms with van der Waals surface area (Å²) in [4.78, 5) is 28.6. The minimum absolute atomic E-state index is 0. The summed E-state index contributed by atoms with van der Waals surface area (Å²) in [6.07, 6.45) is 3.36. The quantitative estimate of drug-likeness (QED) is 0.642. The molecule has 0 aliphatic rings. The van der Waals surface area contributed by atoms with Crippen LogP contribution < -0.4 is 5.73 Å². The smallest absolute Gasteiger partial charge is 0.199 e. The number of hydrogen-bond donors (Lipinski definition) is 1. The van der Waals surface area contributed by atoms with Crippen LogP contribution in [0.1, 0.15) is 68.4 Å². The van der Waals surface area contributed by atoms with Gasteiger partial charge in [0.25, 0.3) is 0 Å². The van der Waals surface area contributed by atoms with Crippen molar-refractivity contribution < 1.29 is 15.4 Å². The molecule has 0 saturated heterocycles.